The number of nitriles is 1. The fraction of sp³-hybridized carbons (Fsp3) is 0.0968. The Balaban J connectivity index is 1.41. The Labute approximate surface area is 256 Å². The molecule has 0 fully saturated rings. The first-order valence-electron chi connectivity index (χ1n) is 12.0. The van der Waals surface area contributed by atoms with Crippen LogP contribution in [0.15, 0.2) is 90.5 Å². The van der Waals surface area contributed by atoms with Gasteiger partial charge in [-0.05, 0) is 106 Å². The summed E-state index contributed by atoms with van der Waals surface area (Å²) in [6, 6.07) is 27.2. The zero-order chi connectivity index (χ0) is 28.5. The highest BCUT2D eigenvalue weighted by Gasteiger charge is 2.15. The van der Waals surface area contributed by atoms with Crippen molar-refractivity contribution in [2.45, 2.75) is 13.2 Å². The first-order valence-corrected chi connectivity index (χ1v) is 13.8. The van der Waals surface area contributed by atoms with Crippen molar-refractivity contribution in [3.05, 3.63) is 121 Å². The van der Waals surface area contributed by atoms with Crippen LogP contribution >= 0.6 is 45.8 Å². The number of hydrogen-bond acceptors (Lipinski definition) is 5. The zero-order valence-electron chi connectivity index (χ0n) is 21.3. The highest BCUT2D eigenvalue weighted by atomic mass is 127. The van der Waals surface area contributed by atoms with Gasteiger partial charge in [0.25, 0.3) is 5.91 Å². The molecule has 4 aromatic rings. The number of hydrogen-bond donors (Lipinski definition) is 1. The van der Waals surface area contributed by atoms with Gasteiger partial charge in [0.15, 0.2) is 11.5 Å². The second-order valence-corrected chi connectivity index (χ2v) is 10.6. The van der Waals surface area contributed by atoms with E-state index < -0.39 is 5.91 Å². The number of rotatable bonds is 10. The van der Waals surface area contributed by atoms with Gasteiger partial charge in [0.05, 0.1) is 10.7 Å². The number of benzene rings is 4. The molecule has 0 saturated heterocycles. The molecule has 0 atom stereocenters. The molecule has 1 amide bonds. The summed E-state index contributed by atoms with van der Waals surface area (Å²) in [7, 11) is 1.53. The Hall–Kier alpha value is -3.71. The number of carbonyl (C=O) groups is 1. The second kappa shape index (κ2) is 14.1. The second-order valence-electron chi connectivity index (χ2n) is 8.52. The van der Waals surface area contributed by atoms with E-state index in [9.17, 15) is 10.1 Å². The molecule has 0 aromatic heterocycles. The number of nitrogens with one attached hydrogen (secondary N) is 1. The van der Waals surface area contributed by atoms with Gasteiger partial charge in [-0.3, -0.25) is 4.79 Å². The third kappa shape index (κ3) is 8.15. The lowest BCUT2D eigenvalue weighted by atomic mass is 10.1. The Bertz CT molecular complexity index is 1570. The van der Waals surface area contributed by atoms with Crippen LogP contribution in [0.2, 0.25) is 10.0 Å². The van der Waals surface area contributed by atoms with Crippen molar-refractivity contribution in [3.8, 4) is 23.3 Å². The number of carbonyl (C=O) groups excluding carboxylic acids is 1. The maximum absolute atomic E-state index is 12.9. The van der Waals surface area contributed by atoms with E-state index in [0.717, 1.165) is 14.7 Å². The van der Waals surface area contributed by atoms with Gasteiger partial charge in [-0.25, -0.2) is 0 Å². The van der Waals surface area contributed by atoms with E-state index in [1.807, 2.05) is 42.5 Å². The average molecular weight is 685 g/mol. The normalized spacial score (nSPS) is 10.9. The molecular formula is C31H23Cl2IN2O4. The third-order valence-electron chi connectivity index (χ3n) is 5.63. The van der Waals surface area contributed by atoms with E-state index in [1.54, 1.807) is 48.5 Å². The molecule has 0 aliphatic heterocycles. The Morgan fingerprint density at radius 3 is 2.33 bits per heavy atom. The van der Waals surface area contributed by atoms with Gasteiger partial charge in [0.2, 0.25) is 0 Å². The van der Waals surface area contributed by atoms with Crippen molar-refractivity contribution in [2.24, 2.45) is 0 Å². The number of halogens is 3. The molecule has 202 valence electrons. The number of methoxy groups -OCH3 is 1. The molecule has 1 N–H and O–H groups in total. The minimum absolute atomic E-state index is 0.0616. The predicted octanol–water partition coefficient (Wildman–Crippen LogP) is 8.31. The lowest BCUT2D eigenvalue weighted by Gasteiger charge is -2.14. The van der Waals surface area contributed by atoms with E-state index in [2.05, 4.69) is 27.9 Å². The molecule has 0 saturated carbocycles. The molecule has 4 aromatic carbocycles. The van der Waals surface area contributed by atoms with Gasteiger partial charge in [-0.15, -0.1) is 0 Å². The Kier molecular flexibility index (Phi) is 10.3. The van der Waals surface area contributed by atoms with Gasteiger partial charge in [0.1, 0.15) is 30.6 Å². The lowest BCUT2D eigenvalue weighted by molar-refractivity contribution is -0.112. The van der Waals surface area contributed by atoms with Gasteiger partial charge in [-0.1, -0.05) is 47.5 Å². The molecule has 0 aliphatic carbocycles. The first kappa shape index (κ1) is 29.3. The van der Waals surface area contributed by atoms with Crippen LogP contribution in [-0.4, -0.2) is 13.0 Å². The largest absolute Gasteiger partial charge is 0.493 e. The van der Waals surface area contributed by atoms with E-state index in [-0.39, 0.29) is 5.57 Å². The van der Waals surface area contributed by atoms with Gasteiger partial charge in [0, 0.05) is 15.7 Å². The molecule has 0 spiro atoms. The minimum Gasteiger partial charge on any atom is -0.493 e. The third-order valence-corrected chi connectivity index (χ3v) is 6.92. The molecule has 0 heterocycles. The van der Waals surface area contributed by atoms with Crippen LogP contribution in [0.3, 0.4) is 0 Å². The summed E-state index contributed by atoms with van der Waals surface area (Å²) >= 11 is 14.1. The fourth-order valence-corrected chi connectivity index (χ4v) is 4.76. The van der Waals surface area contributed by atoms with Crippen molar-refractivity contribution < 1.29 is 19.0 Å². The topological polar surface area (TPSA) is 80.6 Å². The monoisotopic (exact) mass is 684 g/mol. The maximum atomic E-state index is 12.9. The molecular weight excluding hydrogens is 662 g/mol. The van der Waals surface area contributed by atoms with Crippen molar-refractivity contribution >= 4 is 63.5 Å². The molecule has 9 heteroatoms. The van der Waals surface area contributed by atoms with E-state index in [0.29, 0.717) is 51.8 Å². The van der Waals surface area contributed by atoms with Crippen LogP contribution in [0.5, 0.6) is 17.2 Å². The van der Waals surface area contributed by atoms with Crippen LogP contribution in [0.4, 0.5) is 5.69 Å². The fourth-order valence-electron chi connectivity index (χ4n) is 3.64. The lowest BCUT2D eigenvalue weighted by Crippen LogP contribution is -2.13. The summed E-state index contributed by atoms with van der Waals surface area (Å²) in [5.41, 5.74) is 2.99. The Morgan fingerprint density at radius 1 is 0.925 bits per heavy atom. The number of anilines is 1. The van der Waals surface area contributed by atoms with Crippen LogP contribution in [0, 0.1) is 14.9 Å². The maximum Gasteiger partial charge on any atom is 0.266 e. The van der Waals surface area contributed by atoms with Crippen LogP contribution in [0.25, 0.3) is 6.08 Å². The van der Waals surface area contributed by atoms with Crippen LogP contribution in [0.1, 0.15) is 16.7 Å². The number of ether oxygens (including phenoxy) is 3. The van der Waals surface area contributed by atoms with Crippen LogP contribution in [-0.2, 0) is 18.0 Å². The molecule has 40 heavy (non-hydrogen) atoms. The van der Waals surface area contributed by atoms with Gasteiger partial charge in [-0.2, -0.15) is 5.26 Å². The van der Waals surface area contributed by atoms with E-state index >= 15 is 0 Å². The average Bonchev–Trinajstić information content (AvgIpc) is 2.95. The summed E-state index contributed by atoms with van der Waals surface area (Å²) in [6.45, 7) is 0.690. The quantitative estimate of drug-likeness (QED) is 0.103. The predicted molar refractivity (Wildman–Crippen MR) is 166 cm³/mol. The van der Waals surface area contributed by atoms with Crippen LogP contribution < -0.4 is 19.5 Å². The molecule has 0 radical (unpaired) electrons. The molecule has 6 nitrogen and oxygen atoms in total. The zero-order valence-corrected chi connectivity index (χ0v) is 25.0. The summed E-state index contributed by atoms with van der Waals surface area (Å²) in [4.78, 5) is 12.9. The van der Waals surface area contributed by atoms with Gasteiger partial charge < -0.3 is 19.5 Å². The smallest absolute Gasteiger partial charge is 0.266 e. The van der Waals surface area contributed by atoms with E-state index in [1.165, 1.54) is 13.2 Å². The van der Waals surface area contributed by atoms with Crippen molar-refractivity contribution in [1.29, 1.82) is 5.26 Å². The summed E-state index contributed by atoms with van der Waals surface area (Å²) < 4.78 is 18.1. The van der Waals surface area contributed by atoms with Crippen molar-refractivity contribution in [2.75, 3.05) is 12.4 Å². The highest BCUT2D eigenvalue weighted by Crippen LogP contribution is 2.35. The molecule has 0 unspecified atom stereocenters. The Morgan fingerprint density at radius 2 is 1.65 bits per heavy atom. The van der Waals surface area contributed by atoms with Gasteiger partial charge >= 0.3 is 0 Å². The standard InChI is InChI=1S/C31H23Cl2IN2O4/c1-38-29-16-22(15-28(34)30(29)40-19-21-3-2-4-25(33)14-21)13-23(17-35)31(37)36-26-9-11-27(12-10-26)39-18-20-5-7-24(32)8-6-20/h2-16H,18-19H2,1H3,(H,36,37)/b23-13+. The molecule has 4 rings (SSSR count). The molecule has 0 aliphatic rings. The SMILES string of the molecule is COc1cc(/C=C(\C#N)C(=O)Nc2ccc(OCc3ccc(Cl)cc3)cc2)cc(I)c1OCc1cccc(Cl)c1. The number of nitrogens with zero attached hydrogens (tertiary/aromatic N) is 1. The minimum atomic E-state index is -0.535. The van der Waals surface area contributed by atoms with Crippen molar-refractivity contribution in [3.63, 3.8) is 0 Å². The molecule has 0 bridgehead atoms. The summed E-state index contributed by atoms with van der Waals surface area (Å²) in [5, 5.41) is 13.7. The van der Waals surface area contributed by atoms with E-state index in [4.69, 9.17) is 37.4 Å². The summed E-state index contributed by atoms with van der Waals surface area (Å²) in [6.07, 6.45) is 1.50. The van der Waals surface area contributed by atoms with Crippen molar-refractivity contribution in [1.82, 2.24) is 0 Å². The number of amides is 1. The first-order chi connectivity index (χ1) is 19.3. The highest BCUT2D eigenvalue weighted by molar-refractivity contribution is 14.1. The summed E-state index contributed by atoms with van der Waals surface area (Å²) in [5.74, 6) is 1.14.